The molecule has 2 rings (SSSR count). The van der Waals surface area contributed by atoms with E-state index < -0.39 is 35.7 Å². The topological polar surface area (TPSA) is 64.3 Å². The van der Waals surface area contributed by atoms with Crippen molar-refractivity contribution in [2.45, 2.75) is 0 Å². The number of nitrogen functional groups attached to an aromatic ring is 1. The number of hydrogen-bond acceptors (Lipinski definition) is 3. The molecule has 0 unspecified atom stereocenters. The van der Waals surface area contributed by atoms with Crippen LogP contribution in [-0.2, 0) is 4.79 Å². The SMILES string of the molecule is Nc1ccccc1OCC(=O)Nc1cc(F)c(F)cc1F. The zero-order valence-corrected chi connectivity index (χ0v) is 10.7. The number of nitrogens with one attached hydrogen (secondary N) is 1. The average Bonchev–Trinajstić information content (AvgIpc) is 2.44. The first-order valence-corrected chi connectivity index (χ1v) is 5.89. The van der Waals surface area contributed by atoms with Crippen molar-refractivity contribution in [2.75, 3.05) is 17.7 Å². The first kappa shape index (κ1) is 14.7. The first-order chi connectivity index (χ1) is 9.97. The molecule has 0 atom stereocenters. The summed E-state index contributed by atoms with van der Waals surface area (Å²) in [6.45, 7) is -0.452. The van der Waals surface area contributed by atoms with Crippen LogP contribution in [0, 0.1) is 17.5 Å². The lowest BCUT2D eigenvalue weighted by molar-refractivity contribution is -0.118. The van der Waals surface area contributed by atoms with Crippen molar-refractivity contribution in [3.05, 3.63) is 53.8 Å². The van der Waals surface area contributed by atoms with Crippen LogP contribution >= 0.6 is 0 Å². The summed E-state index contributed by atoms with van der Waals surface area (Å²) >= 11 is 0. The molecule has 2 aromatic rings. The molecule has 21 heavy (non-hydrogen) atoms. The standard InChI is InChI=1S/C14H11F3N2O2/c15-8-5-10(17)12(6-9(8)16)19-14(20)7-21-13-4-2-1-3-11(13)18/h1-6H,7,18H2,(H,19,20). The minimum Gasteiger partial charge on any atom is -0.482 e. The van der Waals surface area contributed by atoms with Gasteiger partial charge < -0.3 is 15.8 Å². The van der Waals surface area contributed by atoms with Crippen LogP contribution in [0.4, 0.5) is 24.5 Å². The summed E-state index contributed by atoms with van der Waals surface area (Å²) in [5, 5.41) is 2.08. The number of halogens is 3. The second-order valence-corrected chi connectivity index (χ2v) is 4.12. The van der Waals surface area contributed by atoms with Crippen molar-refractivity contribution in [3.63, 3.8) is 0 Å². The number of amides is 1. The van der Waals surface area contributed by atoms with Gasteiger partial charge in [0.1, 0.15) is 11.6 Å². The van der Waals surface area contributed by atoms with Crippen LogP contribution in [0.1, 0.15) is 0 Å². The summed E-state index contributed by atoms with van der Waals surface area (Å²) < 4.78 is 44.2. The molecule has 0 aliphatic rings. The van der Waals surface area contributed by atoms with Gasteiger partial charge >= 0.3 is 0 Å². The van der Waals surface area contributed by atoms with Gasteiger partial charge in [-0.25, -0.2) is 13.2 Å². The quantitative estimate of drug-likeness (QED) is 0.673. The molecular weight excluding hydrogens is 285 g/mol. The van der Waals surface area contributed by atoms with Gasteiger partial charge in [0, 0.05) is 12.1 Å². The fourth-order valence-electron chi connectivity index (χ4n) is 1.56. The van der Waals surface area contributed by atoms with E-state index in [1.807, 2.05) is 0 Å². The van der Waals surface area contributed by atoms with Crippen molar-refractivity contribution in [2.24, 2.45) is 0 Å². The largest absolute Gasteiger partial charge is 0.482 e. The molecular formula is C14H11F3N2O2. The lowest BCUT2D eigenvalue weighted by atomic mass is 10.3. The molecule has 0 aromatic heterocycles. The van der Waals surface area contributed by atoms with Crippen molar-refractivity contribution >= 4 is 17.3 Å². The number of anilines is 2. The van der Waals surface area contributed by atoms with Crippen LogP contribution in [0.2, 0.25) is 0 Å². The fraction of sp³-hybridized carbons (Fsp3) is 0.0714. The van der Waals surface area contributed by atoms with E-state index >= 15 is 0 Å². The first-order valence-electron chi connectivity index (χ1n) is 5.89. The van der Waals surface area contributed by atoms with Crippen LogP contribution in [0.25, 0.3) is 0 Å². The van der Waals surface area contributed by atoms with Crippen LogP contribution in [-0.4, -0.2) is 12.5 Å². The van der Waals surface area contributed by atoms with Gasteiger partial charge in [-0.15, -0.1) is 0 Å². The molecule has 1 amide bonds. The van der Waals surface area contributed by atoms with Gasteiger partial charge in [0.2, 0.25) is 0 Å². The minimum absolute atomic E-state index is 0.290. The number of hydrogen-bond donors (Lipinski definition) is 2. The molecule has 0 aliphatic heterocycles. The van der Waals surface area contributed by atoms with Crippen molar-refractivity contribution in [1.29, 1.82) is 0 Å². The smallest absolute Gasteiger partial charge is 0.262 e. The summed E-state index contributed by atoms with van der Waals surface area (Å²) in [5.41, 5.74) is 5.48. The van der Waals surface area contributed by atoms with E-state index in [2.05, 4.69) is 5.32 Å². The Labute approximate surface area is 118 Å². The second kappa shape index (κ2) is 6.17. The zero-order chi connectivity index (χ0) is 15.4. The third-order valence-electron chi connectivity index (χ3n) is 2.56. The van der Waals surface area contributed by atoms with Crippen molar-refractivity contribution < 1.29 is 22.7 Å². The van der Waals surface area contributed by atoms with Gasteiger partial charge in [0.05, 0.1) is 11.4 Å². The Bertz CT molecular complexity index is 677. The molecule has 0 radical (unpaired) electrons. The molecule has 0 saturated heterocycles. The molecule has 4 nitrogen and oxygen atoms in total. The van der Waals surface area contributed by atoms with Crippen molar-refractivity contribution in [1.82, 2.24) is 0 Å². The Morgan fingerprint density at radius 2 is 1.76 bits per heavy atom. The van der Waals surface area contributed by atoms with Gasteiger partial charge in [0.15, 0.2) is 18.2 Å². The Morgan fingerprint density at radius 1 is 1.10 bits per heavy atom. The van der Waals surface area contributed by atoms with E-state index in [0.29, 0.717) is 23.6 Å². The maximum Gasteiger partial charge on any atom is 0.262 e. The molecule has 0 saturated carbocycles. The highest BCUT2D eigenvalue weighted by atomic mass is 19.2. The number of ether oxygens (including phenoxy) is 1. The minimum atomic E-state index is -1.33. The van der Waals surface area contributed by atoms with E-state index in [9.17, 15) is 18.0 Å². The summed E-state index contributed by atoms with van der Waals surface area (Å²) in [4.78, 5) is 11.6. The van der Waals surface area contributed by atoms with Gasteiger partial charge in [-0.05, 0) is 12.1 Å². The number of benzene rings is 2. The van der Waals surface area contributed by atoms with Crippen LogP contribution in [0.15, 0.2) is 36.4 Å². The van der Waals surface area contributed by atoms with Crippen LogP contribution < -0.4 is 15.8 Å². The number of rotatable bonds is 4. The predicted molar refractivity (Wildman–Crippen MR) is 71.3 cm³/mol. The Morgan fingerprint density at radius 3 is 2.48 bits per heavy atom. The third-order valence-corrected chi connectivity index (χ3v) is 2.56. The summed E-state index contributed by atoms with van der Waals surface area (Å²) in [7, 11) is 0. The summed E-state index contributed by atoms with van der Waals surface area (Å²) in [5.74, 6) is -4.12. The normalized spacial score (nSPS) is 10.2. The van der Waals surface area contributed by atoms with Gasteiger partial charge in [-0.1, -0.05) is 12.1 Å². The monoisotopic (exact) mass is 296 g/mol. The lowest BCUT2D eigenvalue weighted by Crippen LogP contribution is -2.21. The molecule has 0 fully saturated rings. The number of para-hydroxylation sites is 2. The van der Waals surface area contributed by atoms with Gasteiger partial charge in [0.25, 0.3) is 5.91 Å². The highest BCUT2D eigenvalue weighted by molar-refractivity contribution is 5.92. The lowest BCUT2D eigenvalue weighted by Gasteiger charge is -2.10. The van der Waals surface area contributed by atoms with E-state index in [4.69, 9.17) is 10.5 Å². The van der Waals surface area contributed by atoms with Crippen molar-refractivity contribution in [3.8, 4) is 5.75 Å². The molecule has 110 valence electrons. The Hall–Kier alpha value is -2.70. The molecule has 2 aromatic carbocycles. The molecule has 0 aliphatic carbocycles. The van der Waals surface area contributed by atoms with E-state index in [-0.39, 0.29) is 0 Å². The molecule has 0 bridgehead atoms. The third kappa shape index (κ3) is 3.65. The zero-order valence-electron chi connectivity index (χ0n) is 10.7. The van der Waals surface area contributed by atoms with E-state index in [0.717, 1.165) is 0 Å². The number of carbonyl (C=O) groups excluding carboxylic acids is 1. The molecule has 7 heteroatoms. The molecule has 0 heterocycles. The van der Waals surface area contributed by atoms with Crippen LogP contribution in [0.5, 0.6) is 5.75 Å². The number of carbonyl (C=O) groups is 1. The highest BCUT2D eigenvalue weighted by Crippen LogP contribution is 2.20. The molecule has 3 N–H and O–H groups in total. The summed E-state index contributed by atoms with van der Waals surface area (Å²) in [6, 6.07) is 7.40. The molecule has 0 spiro atoms. The average molecular weight is 296 g/mol. The summed E-state index contributed by atoms with van der Waals surface area (Å²) in [6.07, 6.45) is 0. The Balaban J connectivity index is 1.99. The highest BCUT2D eigenvalue weighted by Gasteiger charge is 2.13. The van der Waals surface area contributed by atoms with Gasteiger partial charge in [-0.3, -0.25) is 4.79 Å². The van der Waals surface area contributed by atoms with Crippen LogP contribution in [0.3, 0.4) is 0 Å². The number of nitrogens with two attached hydrogens (primary N) is 1. The Kier molecular flexibility index (Phi) is 4.32. The fourth-order valence-corrected chi connectivity index (χ4v) is 1.56. The predicted octanol–water partition coefficient (Wildman–Crippen LogP) is 2.70. The van der Waals surface area contributed by atoms with Gasteiger partial charge in [-0.2, -0.15) is 0 Å². The van der Waals surface area contributed by atoms with E-state index in [1.165, 1.54) is 0 Å². The maximum atomic E-state index is 13.3. The maximum absolute atomic E-state index is 13.3. The second-order valence-electron chi connectivity index (χ2n) is 4.12. The van der Waals surface area contributed by atoms with E-state index in [1.54, 1.807) is 24.3 Å².